The summed E-state index contributed by atoms with van der Waals surface area (Å²) in [6.07, 6.45) is -6.37. The lowest BCUT2D eigenvalue weighted by atomic mass is 9.89. The lowest BCUT2D eigenvalue weighted by Gasteiger charge is -2.30. The van der Waals surface area contributed by atoms with Crippen molar-refractivity contribution in [2.75, 3.05) is 0 Å². The number of alkyl halides is 3. The first kappa shape index (κ1) is 18.5. The topological polar surface area (TPSA) is 78.4 Å². The van der Waals surface area contributed by atoms with Crippen LogP contribution in [0.5, 0.6) is 0 Å². The molecule has 0 bridgehead atoms. The molecule has 1 unspecified atom stereocenters. The molecule has 0 spiro atoms. The number of nitrogens with one attached hydrogen (secondary N) is 2. The average Bonchev–Trinajstić information content (AvgIpc) is 2.60. The Balaban J connectivity index is 2.07. The van der Waals surface area contributed by atoms with Crippen LogP contribution >= 0.6 is 0 Å². The highest BCUT2D eigenvalue weighted by atomic mass is 19.4. The molecular weight excluding hydrogens is 337 g/mol. The van der Waals surface area contributed by atoms with Gasteiger partial charge in [0.15, 0.2) is 5.60 Å². The molecule has 0 saturated heterocycles. The SMILES string of the molecule is O=C(CC(O)(c1ccccc1)C(F)(F)F)NNC(=O)c1ccccc1. The molecule has 3 N–H and O–H groups in total. The summed E-state index contributed by atoms with van der Waals surface area (Å²) in [6.45, 7) is 0. The highest BCUT2D eigenvalue weighted by Crippen LogP contribution is 2.41. The summed E-state index contributed by atoms with van der Waals surface area (Å²) in [5.41, 5.74) is 0.276. The molecule has 0 aliphatic heterocycles. The Morgan fingerprint density at radius 2 is 1.40 bits per heavy atom. The summed E-state index contributed by atoms with van der Waals surface area (Å²) >= 11 is 0. The van der Waals surface area contributed by atoms with E-state index in [4.69, 9.17) is 0 Å². The summed E-state index contributed by atoms with van der Waals surface area (Å²) in [5, 5.41) is 10.1. The normalized spacial score (nSPS) is 13.6. The van der Waals surface area contributed by atoms with Crippen LogP contribution < -0.4 is 10.9 Å². The van der Waals surface area contributed by atoms with E-state index >= 15 is 0 Å². The predicted octanol–water partition coefficient (Wildman–Crippen LogP) is 2.29. The van der Waals surface area contributed by atoms with Gasteiger partial charge in [-0.1, -0.05) is 48.5 Å². The van der Waals surface area contributed by atoms with Gasteiger partial charge in [-0.15, -0.1) is 0 Å². The maximum atomic E-state index is 13.3. The summed E-state index contributed by atoms with van der Waals surface area (Å²) in [6, 6.07) is 14.1. The standard InChI is InChI=1S/C17H15F3N2O3/c18-17(19,20)16(25,13-9-5-2-6-10-13)11-14(23)21-22-15(24)12-7-3-1-4-8-12/h1-10,25H,11H2,(H,21,23)(H,22,24). The van der Waals surface area contributed by atoms with E-state index in [0.29, 0.717) is 0 Å². The number of carbonyl (C=O) groups is 2. The van der Waals surface area contributed by atoms with E-state index in [2.05, 4.69) is 0 Å². The van der Waals surface area contributed by atoms with Crippen molar-refractivity contribution in [2.24, 2.45) is 0 Å². The van der Waals surface area contributed by atoms with E-state index < -0.39 is 35.6 Å². The maximum Gasteiger partial charge on any atom is 0.421 e. The molecule has 0 aliphatic rings. The van der Waals surface area contributed by atoms with Gasteiger partial charge in [0.2, 0.25) is 5.91 Å². The summed E-state index contributed by atoms with van der Waals surface area (Å²) in [4.78, 5) is 23.6. The van der Waals surface area contributed by atoms with Gasteiger partial charge in [-0.3, -0.25) is 20.4 Å². The largest absolute Gasteiger partial charge is 0.421 e. The average molecular weight is 352 g/mol. The lowest BCUT2D eigenvalue weighted by molar-refractivity contribution is -0.267. The summed E-state index contributed by atoms with van der Waals surface area (Å²) < 4.78 is 39.9. The molecule has 0 saturated carbocycles. The van der Waals surface area contributed by atoms with E-state index in [1.807, 2.05) is 10.9 Å². The van der Waals surface area contributed by atoms with Gasteiger partial charge in [-0.2, -0.15) is 13.2 Å². The third-order valence-corrected chi connectivity index (χ3v) is 3.49. The van der Waals surface area contributed by atoms with Gasteiger partial charge in [0, 0.05) is 5.56 Å². The molecule has 0 radical (unpaired) electrons. The quantitative estimate of drug-likeness (QED) is 0.739. The third-order valence-electron chi connectivity index (χ3n) is 3.49. The van der Waals surface area contributed by atoms with Gasteiger partial charge in [0.1, 0.15) is 0 Å². The van der Waals surface area contributed by atoms with Gasteiger partial charge in [-0.25, -0.2) is 0 Å². The molecule has 2 aromatic carbocycles. The number of hydrogen-bond acceptors (Lipinski definition) is 3. The Labute approximate surface area is 141 Å². The molecule has 5 nitrogen and oxygen atoms in total. The molecule has 0 fully saturated rings. The first-order chi connectivity index (χ1) is 11.7. The molecule has 0 aliphatic carbocycles. The number of benzene rings is 2. The van der Waals surface area contributed by atoms with Gasteiger partial charge >= 0.3 is 6.18 Å². The van der Waals surface area contributed by atoms with Crippen LogP contribution in [0.15, 0.2) is 60.7 Å². The fourth-order valence-electron chi connectivity index (χ4n) is 2.14. The molecule has 0 aromatic heterocycles. The van der Waals surface area contributed by atoms with E-state index in [9.17, 15) is 27.9 Å². The minimum Gasteiger partial charge on any atom is -0.376 e. The van der Waals surface area contributed by atoms with E-state index in [0.717, 1.165) is 12.1 Å². The van der Waals surface area contributed by atoms with Crippen LogP contribution in [0.1, 0.15) is 22.3 Å². The van der Waals surface area contributed by atoms with Gasteiger partial charge < -0.3 is 5.11 Å². The van der Waals surface area contributed by atoms with Crippen molar-refractivity contribution in [3.63, 3.8) is 0 Å². The number of aliphatic hydroxyl groups is 1. The lowest BCUT2D eigenvalue weighted by Crippen LogP contribution is -2.49. The molecule has 0 heterocycles. The van der Waals surface area contributed by atoms with Crippen molar-refractivity contribution in [3.05, 3.63) is 71.8 Å². The number of amides is 2. The number of rotatable bonds is 4. The molecule has 8 heteroatoms. The number of hydrazine groups is 1. The second kappa shape index (κ2) is 7.35. The van der Waals surface area contributed by atoms with Crippen LogP contribution in [-0.4, -0.2) is 23.1 Å². The second-order valence-corrected chi connectivity index (χ2v) is 5.27. The third kappa shape index (κ3) is 4.36. The van der Waals surface area contributed by atoms with Crippen LogP contribution in [0.25, 0.3) is 0 Å². The monoisotopic (exact) mass is 352 g/mol. The van der Waals surface area contributed by atoms with E-state index in [1.165, 1.54) is 30.3 Å². The molecule has 1 atom stereocenters. The zero-order chi connectivity index (χ0) is 18.5. The second-order valence-electron chi connectivity index (χ2n) is 5.27. The van der Waals surface area contributed by atoms with Crippen LogP contribution in [0.3, 0.4) is 0 Å². The summed E-state index contributed by atoms with van der Waals surface area (Å²) in [7, 11) is 0. The van der Waals surface area contributed by atoms with E-state index in [-0.39, 0.29) is 5.56 Å². The first-order valence-electron chi connectivity index (χ1n) is 7.23. The smallest absolute Gasteiger partial charge is 0.376 e. The molecule has 2 aromatic rings. The van der Waals surface area contributed by atoms with Crippen molar-refractivity contribution in [2.45, 2.75) is 18.2 Å². The van der Waals surface area contributed by atoms with Crippen molar-refractivity contribution in [1.29, 1.82) is 0 Å². The Morgan fingerprint density at radius 3 is 1.92 bits per heavy atom. The molecule has 132 valence electrons. The van der Waals surface area contributed by atoms with Gasteiger partial charge in [0.05, 0.1) is 6.42 Å². The zero-order valence-corrected chi connectivity index (χ0v) is 12.9. The number of hydrogen-bond donors (Lipinski definition) is 3. The van der Waals surface area contributed by atoms with Gasteiger partial charge in [0.25, 0.3) is 5.91 Å². The first-order valence-corrected chi connectivity index (χ1v) is 7.23. The Hall–Kier alpha value is -2.87. The predicted molar refractivity (Wildman–Crippen MR) is 83.1 cm³/mol. The number of carbonyl (C=O) groups excluding carboxylic acids is 2. The highest BCUT2D eigenvalue weighted by Gasteiger charge is 2.56. The Morgan fingerprint density at radius 1 is 0.880 bits per heavy atom. The van der Waals surface area contributed by atoms with Gasteiger partial charge in [-0.05, 0) is 17.7 Å². The Kier molecular flexibility index (Phi) is 5.43. The van der Waals surface area contributed by atoms with Crippen LogP contribution in [0, 0.1) is 0 Å². The zero-order valence-electron chi connectivity index (χ0n) is 12.9. The van der Waals surface area contributed by atoms with Crippen LogP contribution in [0.4, 0.5) is 13.2 Å². The van der Waals surface area contributed by atoms with Crippen molar-refractivity contribution < 1.29 is 27.9 Å². The number of halogens is 3. The Bertz CT molecular complexity index is 736. The van der Waals surface area contributed by atoms with Crippen molar-refractivity contribution in [1.82, 2.24) is 10.9 Å². The maximum absolute atomic E-state index is 13.3. The fourth-order valence-corrected chi connectivity index (χ4v) is 2.14. The fraction of sp³-hybridized carbons (Fsp3) is 0.176. The molecular formula is C17H15F3N2O3. The molecule has 2 rings (SSSR count). The van der Waals surface area contributed by atoms with Crippen molar-refractivity contribution >= 4 is 11.8 Å². The van der Waals surface area contributed by atoms with E-state index in [1.54, 1.807) is 18.2 Å². The minimum absolute atomic E-state index is 0.219. The molecule has 2 amide bonds. The molecule has 25 heavy (non-hydrogen) atoms. The van der Waals surface area contributed by atoms with Crippen LogP contribution in [-0.2, 0) is 10.4 Å². The highest BCUT2D eigenvalue weighted by molar-refractivity contribution is 5.95. The van der Waals surface area contributed by atoms with Crippen molar-refractivity contribution in [3.8, 4) is 0 Å². The minimum atomic E-state index is -5.07. The van der Waals surface area contributed by atoms with Crippen LogP contribution in [0.2, 0.25) is 0 Å². The summed E-state index contributed by atoms with van der Waals surface area (Å²) in [5.74, 6) is -1.88.